The van der Waals surface area contributed by atoms with Gasteiger partial charge in [-0.15, -0.1) is 22.7 Å². The number of hydrogen-bond acceptors (Lipinski definition) is 5. The summed E-state index contributed by atoms with van der Waals surface area (Å²) in [5.74, 6) is 1.96. The van der Waals surface area contributed by atoms with E-state index in [0.717, 1.165) is 27.6 Å². The van der Waals surface area contributed by atoms with Crippen LogP contribution >= 0.6 is 22.7 Å². The molecule has 0 aliphatic heterocycles. The molecule has 3 nitrogen and oxygen atoms in total. The Balaban J connectivity index is 1.05. The summed E-state index contributed by atoms with van der Waals surface area (Å²) < 4.78 is 5.03. The van der Waals surface area contributed by atoms with E-state index < -0.39 is 0 Å². The van der Waals surface area contributed by atoms with Crippen molar-refractivity contribution in [3.63, 3.8) is 0 Å². The molecule has 5 heteroatoms. The summed E-state index contributed by atoms with van der Waals surface area (Å²) in [5.41, 5.74) is 9.96. The summed E-state index contributed by atoms with van der Waals surface area (Å²) >= 11 is 3.65. The fourth-order valence-electron chi connectivity index (χ4n) is 7.79. The van der Waals surface area contributed by atoms with E-state index in [1.165, 1.54) is 62.8 Å². The molecule has 0 N–H and O–H groups in total. The number of benzene rings is 8. The molecule has 8 aromatic carbocycles. The smallest absolute Gasteiger partial charge is 0.164 e. The van der Waals surface area contributed by atoms with E-state index in [2.05, 4.69) is 170 Å². The molecule has 11 aromatic rings. The molecule has 3 aromatic heterocycles. The van der Waals surface area contributed by atoms with Crippen LogP contribution in [0.4, 0.5) is 0 Å². The molecule has 0 saturated carbocycles. The normalized spacial score (nSPS) is 11.6. The Bertz CT molecular complexity index is 3250. The van der Waals surface area contributed by atoms with Crippen molar-refractivity contribution >= 4 is 63.0 Å². The van der Waals surface area contributed by atoms with Gasteiger partial charge < -0.3 is 0 Å². The highest BCUT2D eigenvalue weighted by molar-refractivity contribution is 7.26. The van der Waals surface area contributed by atoms with Crippen LogP contribution in [0.3, 0.4) is 0 Å². The van der Waals surface area contributed by atoms with Crippen molar-refractivity contribution in [2.24, 2.45) is 0 Å². The summed E-state index contributed by atoms with van der Waals surface area (Å²) in [6, 6.07) is 66.9. The molecule has 0 fully saturated rings. The van der Waals surface area contributed by atoms with E-state index in [1.807, 2.05) is 29.5 Å². The lowest BCUT2D eigenvalue weighted by molar-refractivity contribution is 1.08. The molecule has 0 amide bonds. The molecule has 0 aliphatic rings. The Morgan fingerprint density at radius 1 is 0.268 bits per heavy atom. The third-order valence-corrected chi connectivity index (χ3v) is 12.8. The zero-order valence-corrected chi connectivity index (χ0v) is 31.7. The molecule has 56 heavy (non-hydrogen) atoms. The monoisotopic (exact) mass is 749 g/mol. The SMILES string of the molecule is c1ccc(-c2cccc(-c3ccc4sc5cccc(-c6nc(-c7ccccc7)nc(-c7cccc(-c8ccc9c(c8)sc8ccccc89)c7)n6)c5c4c3)c2)cc1. The quantitative estimate of drug-likeness (QED) is 0.170. The van der Waals surface area contributed by atoms with Crippen LogP contribution in [0.2, 0.25) is 0 Å². The molecule has 0 atom stereocenters. The Kier molecular flexibility index (Phi) is 7.87. The van der Waals surface area contributed by atoms with Gasteiger partial charge in [-0.05, 0) is 75.8 Å². The van der Waals surface area contributed by atoms with E-state index in [0.29, 0.717) is 17.5 Å². The number of thiophene rings is 2. The van der Waals surface area contributed by atoms with E-state index in [4.69, 9.17) is 15.0 Å². The number of fused-ring (bicyclic) bond motifs is 6. The van der Waals surface area contributed by atoms with Gasteiger partial charge in [-0.2, -0.15) is 0 Å². The average molecular weight is 750 g/mol. The maximum Gasteiger partial charge on any atom is 0.164 e. The van der Waals surface area contributed by atoms with Crippen molar-refractivity contribution < 1.29 is 0 Å². The van der Waals surface area contributed by atoms with Gasteiger partial charge in [0.05, 0.1) is 0 Å². The molecule has 0 bridgehead atoms. The third-order valence-electron chi connectivity index (χ3n) is 10.5. The molecule has 11 rings (SSSR count). The lowest BCUT2D eigenvalue weighted by atomic mass is 9.97. The van der Waals surface area contributed by atoms with Gasteiger partial charge in [-0.25, -0.2) is 15.0 Å². The first-order valence-electron chi connectivity index (χ1n) is 18.7. The summed E-state index contributed by atoms with van der Waals surface area (Å²) in [7, 11) is 0. The van der Waals surface area contributed by atoms with Gasteiger partial charge in [-0.3, -0.25) is 0 Å². The van der Waals surface area contributed by atoms with Crippen LogP contribution in [0.1, 0.15) is 0 Å². The highest BCUT2D eigenvalue weighted by Gasteiger charge is 2.18. The average Bonchev–Trinajstić information content (AvgIpc) is 3.85. The maximum absolute atomic E-state index is 5.26. The Morgan fingerprint density at radius 2 is 0.768 bits per heavy atom. The second-order valence-electron chi connectivity index (χ2n) is 14.0. The van der Waals surface area contributed by atoms with Crippen molar-refractivity contribution in [1.82, 2.24) is 15.0 Å². The van der Waals surface area contributed by atoms with Crippen LogP contribution < -0.4 is 0 Å². The van der Waals surface area contributed by atoms with Gasteiger partial charge in [-0.1, -0.05) is 146 Å². The standard InChI is InChI=1S/C51H31N3S2/c1-3-12-32(13-4-1)34-16-9-17-35(28-34)37-25-27-45-43(30-37)48-42(21-11-23-46(48)55-45)51-53-49(33-14-5-2-6-15-33)52-50(54-51)39-19-10-18-36(29-39)38-24-26-41-40-20-7-8-22-44(40)56-47(41)31-38/h1-31H. The fraction of sp³-hybridized carbons (Fsp3) is 0. The molecule has 0 radical (unpaired) electrons. The molecule has 0 spiro atoms. The first-order chi connectivity index (χ1) is 27.7. The highest BCUT2D eigenvalue weighted by Crippen LogP contribution is 2.42. The third kappa shape index (κ3) is 5.77. The first kappa shape index (κ1) is 32.6. The van der Waals surface area contributed by atoms with E-state index in [1.54, 1.807) is 11.3 Å². The Hall–Kier alpha value is -6.79. The van der Waals surface area contributed by atoms with Crippen LogP contribution in [0.25, 0.3) is 108 Å². The summed E-state index contributed by atoms with van der Waals surface area (Å²) in [6.45, 7) is 0. The van der Waals surface area contributed by atoms with Crippen molar-refractivity contribution in [1.29, 1.82) is 0 Å². The van der Waals surface area contributed by atoms with Crippen molar-refractivity contribution in [3.05, 3.63) is 188 Å². The van der Waals surface area contributed by atoms with Gasteiger partial charge in [0.15, 0.2) is 17.5 Å². The van der Waals surface area contributed by atoms with E-state index in [-0.39, 0.29) is 0 Å². The second-order valence-corrected chi connectivity index (χ2v) is 16.2. The Morgan fingerprint density at radius 3 is 1.57 bits per heavy atom. The van der Waals surface area contributed by atoms with Crippen molar-refractivity contribution in [2.45, 2.75) is 0 Å². The minimum Gasteiger partial charge on any atom is -0.208 e. The molecule has 262 valence electrons. The fourth-order valence-corrected chi connectivity index (χ4v) is 10.0. The summed E-state index contributed by atoms with van der Waals surface area (Å²) in [6.07, 6.45) is 0. The molecule has 0 saturated heterocycles. The summed E-state index contributed by atoms with van der Waals surface area (Å²) in [4.78, 5) is 15.6. The van der Waals surface area contributed by atoms with Crippen LogP contribution in [0.15, 0.2) is 188 Å². The largest absolute Gasteiger partial charge is 0.208 e. The van der Waals surface area contributed by atoms with Crippen LogP contribution in [0.5, 0.6) is 0 Å². The predicted octanol–water partition coefficient (Wildman–Crippen LogP) is 14.6. The van der Waals surface area contributed by atoms with Crippen LogP contribution in [0, 0.1) is 0 Å². The zero-order chi connectivity index (χ0) is 37.0. The van der Waals surface area contributed by atoms with E-state index in [9.17, 15) is 0 Å². The number of nitrogens with zero attached hydrogens (tertiary/aromatic N) is 3. The molecular weight excluding hydrogens is 719 g/mol. The highest BCUT2D eigenvalue weighted by atomic mass is 32.1. The van der Waals surface area contributed by atoms with Crippen molar-refractivity contribution in [3.8, 4) is 67.5 Å². The van der Waals surface area contributed by atoms with Crippen LogP contribution in [-0.4, -0.2) is 15.0 Å². The van der Waals surface area contributed by atoms with E-state index >= 15 is 0 Å². The molecule has 3 heterocycles. The van der Waals surface area contributed by atoms with Gasteiger partial charge >= 0.3 is 0 Å². The number of aromatic nitrogens is 3. The minimum atomic E-state index is 0.647. The lowest BCUT2D eigenvalue weighted by Gasteiger charge is -2.11. The minimum absolute atomic E-state index is 0.647. The van der Waals surface area contributed by atoms with Gasteiger partial charge in [0.1, 0.15) is 0 Å². The first-order valence-corrected chi connectivity index (χ1v) is 20.3. The predicted molar refractivity (Wildman–Crippen MR) is 238 cm³/mol. The van der Waals surface area contributed by atoms with Gasteiger partial charge in [0, 0.05) is 57.0 Å². The maximum atomic E-state index is 5.26. The lowest BCUT2D eigenvalue weighted by Crippen LogP contribution is -2.00. The van der Waals surface area contributed by atoms with Crippen LogP contribution in [-0.2, 0) is 0 Å². The Labute approximate surface area is 331 Å². The second kappa shape index (κ2) is 13.5. The zero-order valence-electron chi connectivity index (χ0n) is 30.1. The summed E-state index contributed by atoms with van der Waals surface area (Å²) in [5, 5.41) is 4.96. The number of rotatable bonds is 6. The van der Waals surface area contributed by atoms with Crippen molar-refractivity contribution in [2.75, 3.05) is 0 Å². The van der Waals surface area contributed by atoms with Gasteiger partial charge in [0.2, 0.25) is 0 Å². The molecule has 0 unspecified atom stereocenters. The topological polar surface area (TPSA) is 38.7 Å². The molecule has 0 aliphatic carbocycles. The number of hydrogen-bond donors (Lipinski definition) is 0. The van der Waals surface area contributed by atoms with Gasteiger partial charge in [0.25, 0.3) is 0 Å². The molecular formula is C51H31N3S2.